The Bertz CT molecular complexity index is 1180. The van der Waals surface area contributed by atoms with E-state index in [0.29, 0.717) is 10.9 Å². The van der Waals surface area contributed by atoms with Crippen molar-refractivity contribution in [2.45, 2.75) is 4.90 Å². The topological polar surface area (TPSA) is 83.2 Å². The minimum Gasteiger partial charge on any atom is -0.382 e. The summed E-state index contributed by atoms with van der Waals surface area (Å²) in [5, 5.41) is 9.97. The number of allylic oxidation sites excluding steroid dienone is 1. The number of Topliss-reactive ketones (excluding diaryl/α,β-unsaturated/α-hetero) is 1. The first-order valence-electron chi connectivity index (χ1n) is 8.10. The molecule has 0 bridgehead atoms. The molecule has 1 heterocycles. The van der Waals surface area contributed by atoms with E-state index in [1.54, 1.807) is 61.5 Å². The summed E-state index contributed by atoms with van der Waals surface area (Å²) in [4.78, 5) is 14.6. The molecule has 6 nitrogen and oxygen atoms in total. The Balaban J connectivity index is 2.32. The van der Waals surface area contributed by atoms with Crippen molar-refractivity contribution >= 4 is 26.7 Å². The van der Waals surface area contributed by atoms with Crippen LogP contribution in [0.2, 0.25) is 0 Å². The molecular formula is C20H17N3O3S. The number of nitrogens with zero attached hydrogens (tertiary/aromatic N) is 3. The van der Waals surface area contributed by atoms with E-state index >= 15 is 0 Å². The van der Waals surface area contributed by atoms with Crippen molar-refractivity contribution in [3.63, 3.8) is 0 Å². The zero-order valence-electron chi connectivity index (χ0n) is 14.8. The molecule has 0 radical (unpaired) electrons. The van der Waals surface area contributed by atoms with Crippen LogP contribution in [0.5, 0.6) is 0 Å². The van der Waals surface area contributed by atoms with Gasteiger partial charge >= 0.3 is 0 Å². The van der Waals surface area contributed by atoms with Crippen LogP contribution in [0.1, 0.15) is 10.5 Å². The average Bonchev–Trinajstić information content (AvgIpc) is 3.06. The van der Waals surface area contributed by atoms with Crippen LogP contribution >= 0.6 is 0 Å². The van der Waals surface area contributed by atoms with Crippen LogP contribution < -0.4 is 0 Å². The number of hydrogen-bond acceptors (Lipinski definition) is 5. The number of benzene rings is 2. The number of ketones is 1. The van der Waals surface area contributed by atoms with Gasteiger partial charge in [0.1, 0.15) is 17.3 Å². The Morgan fingerprint density at radius 1 is 1.07 bits per heavy atom. The molecule has 27 heavy (non-hydrogen) atoms. The summed E-state index contributed by atoms with van der Waals surface area (Å²) in [6.45, 7) is 0. The van der Waals surface area contributed by atoms with Gasteiger partial charge in [-0.3, -0.25) is 4.79 Å². The summed E-state index contributed by atoms with van der Waals surface area (Å²) in [5.41, 5.74) is 0.161. The summed E-state index contributed by atoms with van der Waals surface area (Å²) >= 11 is 0. The van der Waals surface area contributed by atoms with Crippen molar-refractivity contribution in [1.29, 1.82) is 5.26 Å². The van der Waals surface area contributed by atoms with Crippen molar-refractivity contribution in [2.24, 2.45) is 0 Å². The monoisotopic (exact) mass is 379 g/mol. The summed E-state index contributed by atoms with van der Waals surface area (Å²) in [7, 11) is -0.660. The Hall–Kier alpha value is -3.37. The van der Waals surface area contributed by atoms with Gasteiger partial charge < -0.3 is 4.90 Å². The molecular weight excluding hydrogens is 362 g/mol. The third kappa shape index (κ3) is 3.35. The fourth-order valence-corrected chi connectivity index (χ4v) is 4.31. The maximum atomic E-state index is 13.3. The number of para-hydroxylation sites is 1. The first kappa shape index (κ1) is 18.4. The van der Waals surface area contributed by atoms with Gasteiger partial charge in [0.2, 0.25) is 5.78 Å². The van der Waals surface area contributed by atoms with E-state index in [0.717, 1.165) is 3.97 Å². The zero-order valence-corrected chi connectivity index (χ0v) is 15.6. The predicted molar refractivity (Wildman–Crippen MR) is 103 cm³/mol. The minimum atomic E-state index is -4.02. The molecule has 0 fully saturated rings. The lowest BCUT2D eigenvalue weighted by Crippen LogP contribution is -2.20. The lowest BCUT2D eigenvalue weighted by Gasteiger charge is -2.12. The van der Waals surface area contributed by atoms with E-state index in [1.807, 2.05) is 6.07 Å². The molecule has 0 aliphatic rings. The van der Waals surface area contributed by atoms with Crippen molar-refractivity contribution in [2.75, 3.05) is 14.1 Å². The minimum absolute atomic E-state index is 0.0653. The van der Waals surface area contributed by atoms with Gasteiger partial charge in [-0.05, 0) is 24.3 Å². The van der Waals surface area contributed by atoms with Gasteiger partial charge in [0, 0.05) is 25.7 Å². The standard InChI is InChI=1S/C20H17N3O3S/c1-22(2)14-16(13-21)20(24)19-12-15-8-6-7-11-18(15)23(19)27(25,26)17-9-4-3-5-10-17/h3-12,14H,1-2H3/b16-14-. The van der Waals surface area contributed by atoms with Crippen LogP contribution in [0.4, 0.5) is 0 Å². The highest BCUT2D eigenvalue weighted by molar-refractivity contribution is 7.90. The Kier molecular flexibility index (Phi) is 4.84. The van der Waals surface area contributed by atoms with Crippen LogP contribution in [0.25, 0.3) is 10.9 Å². The summed E-state index contributed by atoms with van der Waals surface area (Å²) in [6.07, 6.45) is 1.37. The second-order valence-corrected chi connectivity index (χ2v) is 7.90. The molecule has 0 amide bonds. The summed E-state index contributed by atoms with van der Waals surface area (Å²) in [5.74, 6) is -0.651. The fourth-order valence-electron chi connectivity index (χ4n) is 2.78. The van der Waals surface area contributed by atoms with Crippen LogP contribution in [0.3, 0.4) is 0 Å². The highest BCUT2D eigenvalue weighted by Crippen LogP contribution is 2.27. The summed E-state index contributed by atoms with van der Waals surface area (Å²) in [6, 6.07) is 18.1. The van der Waals surface area contributed by atoms with Crippen molar-refractivity contribution in [3.8, 4) is 6.07 Å². The van der Waals surface area contributed by atoms with Gasteiger partial charge in [-0.1, -0.05) is 36.4 Å². The number of carbonyl (C=O) groups excluding carboxylic acids is 1. The van der Waals surface area contributed by atoms with E-state index in [1.165, 1.54) is 24.4 Å². The smallest absolute Gasteiger partial charge is 0.268 e. The molecule has 136 valence electrons. The second-order valence-electron chi connectivity index (χ2n) is 6.12. The highest BCUT2D eigenvalue weighted by Gasteiger charge is 2.27. The molecule has 0 N–H and O–H groups in total. The van der Waals surface area contributed by atoms with E-state index in [2.05, 4.69) is 0 Å². The van der Waals surface area contributed by atoms with Gasteiger partial charge in [-0.2, -0.15) is 5.26 Å². The van der Waals surface area contributed by atoms with Gasteiger partial charge in [0.15, 0.2) is 0 Å². The normalized spacial score (nSPS) is 12.0. The molecule has 0 aliphatic carbocycles. The fraction of sp³-hybridized carbons (Fsp3) is 0.100. The van der Waals surface area contributed by atoms with Crippen LogP contribution in [-0.2, 0) is 10.0 Å². The second kappa shape index (κ2) is 7.09. The molecule has 0 atom stereocenters. The maximum absolute atomic E-state index is 13.3. The number of nitriles is 1. The first-order valence-corrected chi connectivity index (χ1v) is 9.54. The van der Waals surface area contributed by atoms with E-state index in [9.17, 15) is 18.5 Å². The predicted octanol–water partition coefficient (Wildman–Crippen LogP) is 3.03. The molecule has 3 rings (SSSR count). The van der Waals surface area contributed by atoms with Crippen LogP contribution in [0, 0.1) is 11.3 Å². The van der Waals surface area contributed by atoms with E-state index in [4.69, 9.17) is 0 Å². The van der Waals surface area contributed by atoms with E-state index in [-0.39, 0.29) is 16.2 Å². The van der Waals surface area contributed by atoms with Gasteiger partial charge in [0.05, 0.1) is 10.4 Å². The van der Waals surface area contributed by atoms with Gasteiger partial charge in [0.25, 0.3) is 10.0 Å². The van der Waals surface area contributed by atoms with Crippen molar-refractivity contribution < 1.29 is 13.2 Å². The van der Waals surface area contributed by atoms with Crippen molar-refractivity contribution in [3.05, 3.63) is 78.1 Å². The number of aromatic nitrogens is 1. The Morgan fingerprint density at radius 2 is 1.70 bits per heavy atom. The molecule has 7 heteroatoms. The number of hydrogen-bond donors (Lipinski definition) is 0. The molecule has 0 spiro atoms. The van der Waals surface area contributed by atoms with Gasteiger partial charge in [-0.15, -0.1) is 0 Å². The van der Waals surface area contributed by atoms with E-state index < -0.39 is 15.8 Å². The van der Waals surface area contributed by atoms with Crippen LogP contribution in [-0.4, -0.2) is 37.2 Å². The third-order valence-corrected chi connectivity index (χ3v) is 5.68. The third-order valence-electron chi connectivity index (χ3n) is 3.93. The Labute approximate surface area is 157 Å². The number of fused-ring (bicyclic) bond motifs is 1. The molecule has 0 unspecified atom stereocenters. The maximum Gasteiger partial charge on any atom is 0.268 e. The quantitative estimate of drug-likeness (QED) is 0.387. The van der Waals surface area contributed by atoms with Gasteiger partial charge in [-0.25, -0.2) is 12.4 Å². The zero-order chi connectivity index (χ0) is 19.6. The molecule has 0 saturated heterocycles. The molecule has 1 aromatic heterocycles. The lowest BCUT2D eigenvalue weighted by molar-refractivity contribution is 0.103. The van der Waals surface area contributed by atoms with Crippen LogP contribution in [0.15, 0.2) is 77.3 Å². The number of carbonyl (C=O) groups is 1. The average molecular weight is 379 g/mol. The number of rotatable bonds is 5. The largest absolute Gasteiger partial charge is 0.382 e. The Morgan fingerprint density at radius 3 is 2.33 bits per heavy atom. The highest BCUT2D eigenvalue weighted by atomic mass is 32.2. The molecule has 0 saturated carbocycles. The first-order chi connectivity index (χ1) is 12.9. The molecule has 2 aromatic carbocycles. The molecule has 0 aliphatic heterocycles. The molecule has 3 aromatic rings. The van der Waals surface area contributed by atoms with Crippen molar-refractivity contribution in [1.82, 2.24) is 8.87 Å². The SMILES string of the molecule is CN(C)/C=C(/C#N)C(=O)c1cc2ccccc2n1S(=O)(=O)c1ccccc1. The lowest BCUT2D eigenvalue weighted by atomic mass is 10.1. The summed E-state index contributed by atoms with van der Waals surface area (Å²) < 4.78 is 27.5.